The van der Waals surface area contributed by atoms with Gasteiger partial charge in [-0.2, -0.15) is 0 Å². The van der Waals surface area contributed by atoms with Crippen LogP contribution in [0.3, 0.4) is 0 Å². The third kappa shape index (κ3) is 7.04. The maximum Gasteiger partial charge on any atom is 0.414 e. The number of carbonyl (C=O) groups is 1. The summed E-state index contributed by atoms with van der Waals surface area (Å²) in [4.78, 5) is 13.2. The number of fused-ring (bicyclic) bond motifs is 1. The van der Waals surface area contributed by atoms with Gasteiger partial charge in [0.15, 0.2) is 0 Å². The summed E-state index contributed by atoms with van der Waals surface area (Å²) < 4.78 is 67.0. The predicted molar refractivity (Wildman–Crippen MR) is 163 cm³/mol. The van der Waals surface area contributed by atoms with E-state index in [1.165, 1.54) is 36.4 Å². The van der Waals surface area contributed by atoms with Gasteiger partial charge < -0.3 is 14.7 Å². The van der Waals surface area contributed by atoms with Gasteiger partial charge >= 0.3 is 16.9 Å². The molecule has 0 radical (unpaired) electrons. The Bertz CT molecular complexity index is 1920. The Morgan fingerprint density at radius 2 is 1.76 bits per heavy atom. The number of nitrogens with zero attached hydrogens (tertiary/aromatic N) is 2. The first kappa shape index (κ1) is 31.8. The van der Waals surface area contributed by atoms with Gasteiger partial charge in [0.1, 0.15) is 5.82 Å². The molecule has 0 saturated heterocycles. The fraction of sp³-hybridized carbons (Fsp3) is 0.219. The molecule has 10 nitrogen and oxygen atoms in total. The lowest BCUT2D eigenvalue weighted by Crippen LogP contribution is -2.31. The molecule has 1 aromatic heterocycles. The van der Waals surface area contributed by atoms with Gasteiger partial charge in [-0.15, -0.1) is 0 Å². The molecule has 1 aliphatic rings. The van der Waals surface area contributed by atoms with E-state index in [4.69, 9.17) is 9.47 Å². The van der Waals surface area contributed by atoms with E-state index in [2.05, 4.69) is 9.79 Å². The summed E-state index contributed by atoms with van der Waals surface area (Å²) in [7, 11) is -5.32. The Morgan fingerprint density at radius 1 is 1.04 bits per heavy atom. The fourth-order valence-corrected chi connectivity index (χ4v) is 6.71. The highest BCUT2D eigenvalue weighted by atomic mass is 32.2. The highest BCUT2D eigenvalue weighted by Crippen LogP contribution is 2.44. The van der Waals surface area contributed by atoms with Crippen molar-refractivity contribution in [2.24, 2.45) is 0 Å². The number of halogens is 1. The van der Waals surface area contributed by atoms with Crippen LogP contribution in [-0.2, 0) is 30.2 Å². The quantitative estimate of drug-likeness (QED) is 0.116. The lowest BCUT2D eigenvalue weighted by atomic mass is 10.0. The Kier molecular flexibility index (Phi) is 9.59. The first-order valence-electron chi connectivity index (χ1n) is 13.9. The topological polar surface area (TPSA) is 140 Å². The molecule has 0 saturated carbocycles. The zero-order valence-corrected chi connectivity index (χ0v) is 26.0. The molecule has 0 fully saturated rings. The monoisotopic (exact) mass is 652 g/mol. The van der Waals surface area contributed by atoms with Crippen LogP contribution >= 0.6 is 0 Å². The van der Waals surface area contributed by atoms with Gasteiger partial charge in [0.25, 0.3) is 9.84 Å². The molecule has 0 spiro atoms. The molecule has 1 aliphatic carbocycles. The highest BCUT2D eigenvalue weighted by Gasteiger charge is 2.35. The Labute approximate surface area is 261 Å². The molecule has 13 heteroatoms. The molecule has 4 aromatic rings. The van der Waals surface area contributed by atoms with Crippen LogP contribution in [0.25, 0.3) is 17.2 Å². The minimum absolute atomic E-state index is 0.0123. The fourth-order valence-electron chi connectivity index (χ4n) is 4.90. The molecule has 0 amide bonds. The van der Waals surface area contributed by atoms with E-state index in [-0.39, 0.29) is 29.4 Å². The minimum Gasteiger partial charge on any atom is -0.465 e. The summed E-state index contributed by atoms with van der Waals surface area (Å²) in [5.41, 5.74) is 4.65. The van der Waals surface area contributed by atoms with Crippen LogP contribution < -0.4 is 9.64 Å². The van der Waals surface area contributed by atoms with Crippen LogP contribution in [0.5, 0.6) is 5.88 Å². The lowest BCUT2D eigenvalue weighted by Gasteiger charge is -2.08. The lowest BCUT2D eigenvalue weighted by molar-refractivity contribution is -0.832. The number of carbonyl (C=O) groups excluding carboxylic acids is 1. The van der Waals surface area contributed by atoms with E-state index < -0.39 is 43.3 Å². The van der Waals surface area contributed by atoms with E-state index in [1.54, 1.807) is 30.5 Å². The minimum atomic E-state index is -4.23. The van der Waals surface area contributed by atoms with Gasteiger partial charge in [-0.05, 0) is 101 Å². The molecule has 5 rings (SSSR count). The van der Waals surface area contributed by atoms with Crippen LogP contribution in [0.15, 0.2) is 97.8 Å². The Hall–Kier alpha value is -4.62. The predicted octanol–water partition coefficient (Wildman–Crippen LogP) is 5.14. The molecule has 1 atom stereocenters. The molecule has 0 aliphatic heterocycles. The van der Waals surface area contributed by atoms with Gasteiger partial charge in [0, 0.05) is 22.0 Å². The van der Waals surface area contributed by atoms with Crippen molar-refractivity contribution in [2.75, 3.05) is 19.5 Å². The number of unbranched alkanes of at least 4 members (excludes halogenated alkanes) is 1. The number of aromatic nitrogens is 2. The summed E-state index contributed by atoms with van der Waals surface area (Å²) in [5.74, 6) is -1.37. The van der Waals surface area contributed by atoms with E-state index in [0.717, 1.165) is 22.3 Å². The second-order valence-corrected chi connectivity index (χ2v) is 13.4. The molecule has 1 heterocycles. The highest BCUT2D eigenvalue weighted by molar-refractivity contribution is 7.91. The van der Waals surface area contributed by atoms with Crippen molar-refractivity contribution in [3.8, 4) is 5.88 Å². The van der Waals surface area contributed by atoms with E-state index in [1.807, 2.05) is 25.1 Å². The standard InChI is InChI=1S/C32H29FN2O8S2/c1-21-27(18-22-10-13-24(14-11-22)44(2)38)26-15-12-23(33)19-29(26)28(21)20-30(36)41-16-6-7-17-42-31-32(35(37)43-34-31)45(39,40)25-8-4-3-5-9-25/h3-5,8-15,18-19H,6-7,16-17,20H2,1-2H3/b27-18-. The van der Waals surface area contributed by atoms with Gasteiger partial charge in [-0.3, -0.25) is 13.6 Å². The van der Waals surface area contributed by atoms with E-state index >= 15 is 0 Å². The Balaban J connectivity index is 1.18. The van der Waals surface area contributed by atoms with E-state index in [0.29, 0.717) is 28.9 Å². The van der Waals surface area contributed by atoms with Crippen molar-refractivity contribution in [3.05, 3.63) is 106 Å². The van der Waals surface area contributed by atoms with Crippen molar-refractivity contribution in [1.29, 1.82) is 0 Å². The van der Waals surface area contributed by atoms with Crippen LogP contribution in [0.4, 0.5) is 4.39 Å². The largest absolute Gasteiger partial charge is 0.465 e. The number of benzene rings is 3. The summed E-state index contributed by atoms with van der Waals surface area (Å²) in [5, 5.41) is 14.7. The van der Waals surface area contributed by atoms with E-state index in [9.17, 15) is 27.0 Å². The zero-order chi connectivity index (χ0) is 32.1. The number of hydrogen-bond donors (Lipinski definition) is 0. The molecular weight excluding hydrogens is 623 g/mol. The van der Waals surface area contributed by atoms with Crippen LogP contribution in [0.1, 0.15) is 42.9 Å². The SMILES string of the molecule is CC1=C(CC(=O)OCCCCOc2no[n+]([O-])c2S(=O)(=O)c2ccccc2)c2cc(F)ccc2/C1=C\c1ccc(S(C)=O)cc1. The summed E-state index contributed by atoms with van der Waals surface area (Å²) in [6, 6.07) is 19.1. The Morgan fingerprint density at radius 3 is 2.47 bits per heavy atom. The number of hydrogen-bond acceptors (Lipinski definition) is 9. The first-order valence-corrected chi connectivity index (χ1v) is 16.9. The second-order valence-electron chi connectivity index (χ2n) is 10.2. The van der Waals surface area contributed by atoms with Crippen LogP contribution in [0, 0.1) is 11.0 Å². The second kappa shape index (κ2) is 13.6. The number of rotatable bonds is 12. The van der Waals surface area contributed by atoms with Crippen molar-refractivity contribution in [3.63, 3.8) is 0 Å². The summed E-state index contributed by atoms with van der Waals surface area (Å²) in [6.45, 7) is 1.93. The molecule has 234 valence electrons. The molecule has 0 N–H and O–H groups in total. The maximum absolute atomic E-state index is 14.2. The van der Waals surface area contributed by atoms with Crippen molar-refractivity contribution >= 4 is 43.8 Å². The molecule has 1 unspecified atom stereocenters. The normalized spacial score (nSPS) is 14.4. The average Bonchev–Trinajstić information content (AvgIpc) is 3.52. The number of esters is 1. The van der Waals surface area contributed by atoms with Gasteiger partial charge in [-0.25, -0.2) is 12.8 Å². The third-order valence-electron chi connectivity index (χ3n) is 7.19. The summed E-state index contributed by atoms with van der Waals surface area (Å²) >= 11 is 0. The number of sulfone groups is 1. The smallest absolute Gasteiger partial charge is 0.414 e. The third-order valence-corrected chi connectivity index (χ3v) is 9.85. The van der Waals surface area contributed by atoms with Crippen molar-refractivity contribution in [1.82, 2.24) is 5.16 Å². The molecule has 0 bridgehead atoms. The van der Waals surface area contributed by atoms with Crippen molar-refractivity contribution < 1.29 is 40.8 Å². The molecule has 3 aromatic carbocycles. The number of ether oxygens (including phenoxy) is 2. The number of allylic oxidation sites excluding steroid dienone is 2. The van der Waals surface area contributed by atoms with Gasteiger partial charge in [-0.1, -0.05) is 36.4 Å². The van der Waals surface area contributed by atoms with Gasteiger partial charge in [0.2, 0.25) is 0 Å². The van der Waals surface area contributed by atoms with Crippen LogP contribution in [-0.4, -0.2) is 43.2 Å². The van der Waals surface area contributed by atoms with Gasteiger partial charge in [0.05, 0.1) is 29.7 Å². The van der Waals surface area contributed by atoms with Crippen LogP contribution in [0.2, 0.25) is 0 Å². The van der Waals surface area contributed by atoms with Crippen molar-refractivity contribution in [2.45, 2.75) is 41.0 Å². The molecule has 45 heavy (non-hydrogen) atoms. The zero-order valence-electron chi connectivity index (χ0n) is 24.4. The first-order chi connectivity index (χ1) is 21.6. The average molecular weight is 653 g/mol. The molecular formula is C32H29FN2O8S2. The summed E-state index contributed by atoms with van der Waals surface area (Å²) in [6.07, 6.45) is 4.24. The maximum atomic E-state index is 14.2.